The summed E-state index contributed by atoms with van der Waals surface area (Å²) in [5, 5.41) is 17.1. The Balaban J connectivity index is 1.36. The maximum Gasteiger partial charge on any atom is 0.239 e. The van der Waals surface area contributed by atoms with Gasteiger partial charge in [-0.05, 0) is 53.1 Å². The van der Waals surface area contributed by atoms with E-state index in [2.05, 4.69) is 38.3 Å². The van der Waals surface area contributed by atoms with Gasteiger partial charge in [-0.1, -0.05) is 30.3 Å². The van der Waals surface area contributed by atoms with Gasteiger partial charge in [-0.15, -0.1) is 5.10 Å². The molecule has 0 saturated heterocycles. The van der Waals surface area contributed by atoms with E-state index in [1.54, 1.807) is 4.68 Å². The normalized spacial score (nSPS) is 10.4. The summed E-state index contributed by atoms with van der Waals surface area (Å²) in [6, 6.07) is 17.8. The maximum atomic E-state index is 11.9. The van der Waals surface area contributed by atoms with E-state index in [9.17, 15) is 4.79 Å². The molecule has 2 N–H and O–H groups in total. The molecule has 1 heterocycles. The van der Waals surface area contributed by atoms with E-state index in [1.807, 2.05) is 42.5 Å². The van der Waals surface area contributed by atoms with Crippen LogP contribution >= 0.6 is 0 Å². The number of rotatable bonds is 8. The lowest BCUT2D eigenvalue weighted by molar-refractivity contribution is -0.119. The van der Waals surface area contributed by atoms with Crippen LogP contribution in [0.1, 0.15) is 12.0 Å². The monoisotopic (exact) mass is 336 g/mol. The second kappa shape index (κ2) is 8.58. The molecule has 3 aromatic rings. The predicted octanol–water partition coefficient (Wildman–Crippen LogP) is 1.82. The van der Waals surface area contributed by atoms with Gasteiger partial charge in [-0.25, -0.2) is 4.68 Å². The number of carbonyl (C=O) groups is 1. The minimum absolute atomic E-state index is 0.0161. The highest BCUT2D eigenvalue weighted by molar-refractivity contribution is 5.80. The van der Waals surface area contributed by atoms with Gasteiger partial charge in [0.1, 0.15) is 6.33 Å². The summed E-state index contributed by atoms with van der Waals surface area (Å²) < 4.78 is 1.57. The summed E-state index contributed by atoms with van der Waals surface area (Å²) in [7, 11) is 0. The van der Waals surface area contributed by atoms with E-state index in [1.165, 1.54) is 11.9 Å². The highest BCUT2D eigenvalue weighted by Gasteiger charge is 2.02. The Labute approximate surface area is 146 Å². The van der Waals surface area contributed by atoms with Crippen LogP contribution in [0.3, 0.4) is 0 Å². The second-order valence-electron chi connectivity index (χ2n) is 5.59. The lowest BCUT2D eigenvalue weighted by Gasteiger charge is -2.08. The molecular weight excluding hydrogens is 316 g/mol. The highest BCUT2D eigenvalue weighted by Crippen LogP contribution is 2.11. The standard InChI is InChI=1S/C18H20N6O/c25-18(19-12-4-7-15-5-2-1-3-6-15)13-20-16-8-10-17(11-9-16)24-14-21-22-23-24/h1-3,5-6,8-11,14,20H,4,7,12-13H2,(H,19,25). The molecule has 25 heavy (non-hydrogen) atoms. The van der Waals surface area contributed by atoms with Gasteiger partial charge in [0.2, 0.25) is 5.91 Å². The molecule has 0 unspecified atom stereocenters. The molecule has 3 rings (SSSR count). The predicted molar refractivity (Wildman–Crippen MR) is 95.4 cm³/mol. The summed E-state index contributed by atoms with van der Waals surface area (Å²) in [4.78, 5) is 11.9. The lowest BCUT2D eigenvalue weighted by Crippen LogP contribution is -2.30. The van der Waals surface area contributed by atoms with Gasteiger partial charge in [0.15, 0.2) is 0 Å². The van der Waals surface area contributed by atoms with Crippen molar-refractivity contribution in [2.75, 3.05) is 18.4 Å². The van der Waals surface area contributed by atoms with E-state index in [0.29, 0.717) is 6.54 Å². The number of anilines is 1. The fraction of sp³-hybridized carbons (Fsp3) is 0.222. The first kappa shape index (κ1) is 16.6. The van der Waals surface area contributed by atoms with Crippen molar-refractivity contribution in [3.8, 4) is 5.69 Å². The van der Waals surface area contributed by atoms with Gasteiger partial charge in [-0.3, -0.25) is 4.79 Å². The first-order chi connectivity index (χ1) is 12.3. The molecule has 0 spiro atoms. The second-order valence-corrected chi connectivity index (χ2v) is 5.59. The van der Waals surface area contributed by atoms with E-state index >= 15 is 0 Å². The average molecular weight is 336 g/mol. The van der Waals surface area contributed by atoms with E-state index in [4.69, 9.17) is 0 Å². The highest BCUT2D eigenvalue weighted by atomic mass is 16.1. The minimum atomic E-state index is -0.0161. The summed E-state index contributed by atoms with van der Waals surface area (Å²) >= 11 is 0. The Morgan fingerprint density at radius 3 is 2.56 bits per heavy atom. The van der Waals surface area contributed by atoms with Crippen LogP contribution in [0.5, 0.6) is 0 Å². The number of benzene rings is 2. The number of nitrogens with one attached hydrogen (secondary N) is 2. The molecule has 0 aliphatic carbocycles. The van der Waals surface area contributed by atoms with Crippen LogP contribution < -0.4 is 10.6 Å². The third kappa shape index (κ3) is 5.13. The molecule has 0 aliphatic heterocycles. The van der Waals surface area contributed by atoms with Crippen LogP contribution in [0, 0.1) is 0 Å². The van der Waals surface area contributed by atoms with E-state index < -0.39 is 0 Å². The van der Waals surface area contributed by atoms with Crippen molar-refractivity contribution in [1.82, 2.24) is 25.5 Å². The van der Waals surface area contributed by atoms with Crippen LogP contribution in [0.4, 0.5) is 5.69 Å². The maximum absolute atomic E-state index is 11.9. The van der Waals surface area contributed by atoms with Crippen LogP contribution in [0.15, 0.2) is 60.9 Å². The van der Waals surface area contributed by atoms with Gasteiger partial charge in [0, 0.05) is 12.2 Å². The molecule has 1 aromatic heterocycles. The summed E-state index contributed by atoms with van der Waals surface area (Å²) in [6.45, 7) is 0.920. The van der Waals surface area contributed by atoms with Crippen LogP contribution in [-0.4, -0.2) is 39.2 Å². The molecular formula is C18H20N6O. The summed E-state index contributed by atoms with van der Waals surface area (Å²) in [5.74, 6) is -0.0161. The summed E-state index contributed by atoms with van der Waals surface area (Å²) in [5.41, 5.74) is 3.02. The zero-order valence-corrected chi connectivity index (χ0v) is 13.8. The van der Waals surface area contributed by atoms with Crippen molar-refractivity contribution in [1.29, 1.82) is 0 Å². The molecule has 128 valence electrons. The first-order valence-corrected chi connectivity index (χ1v) is 8.19. The fourth-order valence-corrected chi connectivity index (χ4v) is 2.42. The van der Waals surface area contributed by atoms with Crippen molar-refractivity contribution in [3.63, 3.8) is 0 Å². The molecule has 0 atom stereocenters. The average Bonchev–Trinajstić information content (AvgIpc) is 3.20. The lowest BCUT2D eigenvalue weighted by atomic mass is 10.1. The van der Waals surface area contributed by atoms with Crippen molar-refractivity contribution in [2.45, 2.75) is 12.8 Å². The van der Waals surface area contributed by atoms with E-state index in [-0.39, 0.29) is 12.5 Å². The Hall–Kier alpha value is -3.22. The number of tetrazole rings is 1. The molecule has 0 bridgehead atoms. The quantitative estimate of drug-likeness (QED) is 0.613. The van der Waals surface area contributed by atoms with Crippen molar-refractivity contribution in [3.05, 3.63) is 66.5 Å². The number of hydrogen-bond acceptors (Lipinski definition) is 5. The van der Waals surface area contributed by atoms with Crippen LogP contribution in [0.2, 0.25) is 0 Å². The number of carbonyl (C=O) groups excluding carboxylic acids is 1. The first-order valence-electron chi connectivity index (χ1n) is 8.19. The van der Waals surface area contributed by atoms with Crippen molar-refractivity contribution >= 4 is 11.6 Å². The van der Waals surface area contributed by atoms with Gasteiger partial charge in [-0.2, -0.15) is 0 Å². The Morgan fingerprint density at radius 1 is 1.04 bits per heavy atom. The Bertz CT molecular complexity index is 771. The third-order valence-electron chi connectivity index (χ3n) is 3.74. The van der Waals surface area contributed by atoms with E-state index in [0.717, 1.165) is 24.2 Å². The smallest absolute Gasteiger partial charge is 0.239 e. The Morgan fingerprint density at radius 2 is 1.84 bits per heavy atom. The molecule has 1 amide bonds. The Kier molecular flexibility index (Phi) is 5.71. The van der Waals surface area contributed by atoms with Gasteiger partial charge in [0.05, 0.1) is 12.2 Å². The van der Waals surface area contributed by atoms with Gasteiger partial charge >= 0.3 is 0 Å². The molecule has 0 radical (unpaired) electrons. The number of hydrogen-bond donors (Lipinski definition) is 2. The van der Waals surface area contributed by atoms with Gasteiger partial charge < -0.3 is 10.6 Å². The molecule has 0 aliphatic rings. The minimum Gasteiger partial charge on any atom is -0.376 e. The van der Waals surface area contributed by atoms with Gasteiger partial charge in [0.25, 0.3) is 0 Å². The third-order valence-corrected chi connectivity index (χ3v) is 3.74. The number of aryl methyl sites for hydroxylation is 1. The summed E-state index contributed by atoms with van der Waals surface area (Å²) in [6.07, 6.45) is 3.43. The SMILES string of the molecule is O=C(CNc1ccc(-n2cnnn2)cc1)NCCCc1ccccc1. The number of amides is 1. The topological polar surface area (TPSA) is 84.7 Å². The largest absolute Gasteiger partial charge is 0.376 e. The number of aromatic nitrogens is 4. The van der Waals surface area contributed by atoms with Crippen molar-refractivity contribution < 1.29 is 4.79 Å². The zero-order valence-electron chi connectivity index (χ0n) is 13.8. The fourth-order valence-electron chi connectivity index (χ4n) is 2.42. The molecule has 7 heteroatoms. The molecule has 7 nitrogen and oxygen atoms in total. The number of nitrogens with zero attached hydrogens (tertiary/aromatic N) is 4. The van der Waals surface area contributed by atoms with Crippen molar-refractivity contribution in [2.24, 2.45) is 0 Å². The molecule has 0 fully saturated rings. The van der Waals surface area contributed by atoms with Crippen LogP contribution in [-0.2, 0) is 11.2 Å². The molecule has 2 aromatic carbocycles. The molecule has 0 saturated carbocycles. The van der Waals surface area contributed by atoms with Crippen LogP contribution in [0.25, 0.3) is 5.69 Å². The zero-order chi connectivity index (χ0) is 17.3.